The van der Waals surface area contributed by atoms with Crippen LogP contribution in [-0.2, 0) is 9.59 Å². The number of fused-ring (bicyclic) bond motifs is 6. The van der Waals surface area contributed by atoms with Crippen LogP contribution >= 0.6 is 0 Å². The Morgan fingerprint density at radius 2 is 1.84 bits per heavy atom. The molecule has 0 saturated heterocycles. The van der Waals surface area contributed by atoms with Crippen molar-refractivity contribution < 1.29 is 24.4 Å². The summed E-state index contributed by atoms with van der Waals surface area (Å²) in [7, 11) is 0. The number of ether oxygens (including phenoxy) is 1. The number of carbonyl (C=O) groups is 2. The van der Waals surface area contributed by atoms with Crippen molar-refractivity contribution in [3.8, 4) is 11.5 Å². The van der Waals surface area contributed by atoms with Crippen LogP contribution in [0.1, 0.15) is 25.0 Å². The van der Waals surface area contributed by atoms with Crippen molar-refractivity contribution in [1.29, 1.82) is 0 Å². The summed E-state index contributed by atoms with van der Waals surface area (Å²) in [6, 6.07) is 12.4. The fourth-order valence-electron chi connectivity index (χ4n) is 4.54. The molecule has 2 aromatic rings. The summed E-state index contributed by atoms with van der Waals surface area (Å²) in [6.07, 6.45) is -0.697. The lowest BCUT2D eigenvalue weighted by Gasteiger charge is -2.27. The monoisotopic (exact) mass is 418 g/mol. The molecule has 1 unspecified atom stereocenters. The highest BCUT2D eigenvalue weighted by atomic mass is 16.5. The summed E-state index contributed by atoms with van der Waals surface area (Å²) in [5, 5.41) is 10.1. The van der Waals surface area contributed by atoms with E-state index in [-0.39, 0.29) is 17.6 Å². The number of carbonyl (C=O) groups excluding carboxylic acids is 2. The van der Waals surface area contributed by atoms with Gasteiger partial charge in [-0.05, 0) is 37.4 Å². The maximum Gasteiger partial charge on any atom is 0.262 e. The van der Waals surface area contributed by atoms with Gasteiger partial charge in [0.25, 0.3) is 11.8 Å². The SMILES string of the molecule is CCN(CC)CCN1C(=O)C2=C(C1=O)C1Oc3ccccc3[NH+]=C1c1ccc(O)cc12. The molecule has 1 atom stereocenters. The molecule has 2 heterocycles. The molecule has 158 valence electrons. The summed E-state index contributed by atoms with van der Waals surface area (Å²) in [5.74, 6) is 0.0149. The Hall–Kier alpha value is -3.45. The van der Waals surface area contributed by atoms with Gasteiger partial charge in [-0.3, -0.25) is 14.5 Å². The van der Waals surface area contributed by atoms with Crippen LogP contribution in [0.3, 0.4) is 0 Å². The van der Waals surface area contributed by atoms with E-state index < -0.39 is 6.10 Å². The number of nitrogens with one attached hydrogen (secondary N) is 1. The number of likely N-dealkylation sites (N-methyl/N-ethyl adjacent to an activating group) is 1. The van der Waals surface area contributed by atoms with Gasteiger partial charge >= 0.3 is 0 Å². The van der Waals surface area contributed by atoms with Gasteiger partial charge in [-0.15, -0.1) is 0 Å². The molecule has 3 aliphatic rings. The Labute approximate surface area is 180 Å². The van der Waals surface area contributed by atoms with Crippen molar-refractivity contribution >= 4 is 28.8 Å². The van der Waals surface area contributed by atoms with Gasteiger partial charge in [-0.2, -0.15) is 0 Å². The molecule has 5 rings (SSSR count). The molecule has 0 spiro atoms. The van der Waals surface area contributed by atoms with E-state index in [0.717, 1.165) is 24.3 Å². The molecule has 0 fully saturated rings. The number of hydrogen-bond acceptors (Lipinski definition) is 5. The minimum Gasteiger partial charge on any atom is -0.508 e. The van der Waals surface area contributed by atoms with E-state index in [1.165, 1.54) is 4.90 Å². The zero-order chi connectivity index (χ0) is 21.7. The molecule has 7 heteroatoms. The molecule has 2 amide bonds. The Balaban J connectivity index is 1.62. The van der Waals surface area contributed by atoms with Crippen LogP contribution in [0, 0.1) is 0 Å². The third kappa shape index (κ3) is 2.96. The molecular formula is C24H24N3O4+. The first-order valence-corrected chi connectivity index (χ1v) is 10.6. The normalized spacial score (nSPS) is 19.0. The molecule has 0 radical (unpaired) electrons. The van der Waals surface area contributed by atoms with Crippen molar-refractivity contribution in [3.63, 3.8) is 0 Å². The van der Waals surface area contributed by atoms with Crippen LogP contribution in [0.15, 0.2) is 48.0 Å². The number of hydrogen-bond donors (Lipinski definition) is 2. The predicted molar refractivity (Wildman–Crippen MR) is 115 cm³/mol. The quantitative estimate of drug-likeness (QED) is 0.703. The number of nitrogens with zero attached hydrogens (tertiary/aromatic N) is 2. The largest absolute Gasteiger partial charge is 0.508 e. The van der Waals surface area contributed by atoms with E-state index in [1.54, 1.807) is 18.2 Å². The topological polar surface area (TPSA) is 84.1 Å². The fourth-order valence-corrected chi connectivity index (χ4v) is 4.54. The summed E-state index contributed by atoms with van der Waals surface area (Å²) >= 11 is 0. The van der Waals surface area contributed by atoms with Gasteiger partial charge in [0.15, 0.2) is 5.75 Å². The average Bonchev–Trinajstić information content (AvgIpc) is 3.03. The second-order valence-corrected chi connectivity index (χ2v) is 7.84. The number of amides is 2. The lowest BCUT2D eigenvalue weighted by Crippen LogP contribution is -2.73. The highest BCUT2D eigenvalue weighted by Crippen LogP contribution is 2.41. The van der Waals surface area contributed by atoms with Gasteiger partial charge in [0, 0.05) is 24.7 Å². The first kappa shape index (κ1) is 19.5. The molecule has 7 nitrogen and oxygen atoms in total. The molecule has 0 aromatic heterocycles. The molecule has 31 heavy (non-hydrogen) atoms. The van der Waals surface area contributed by atoms with Gasteiger partial charge in [-0.1, -0.05) is 26.0 Å². The second kappa shape index (κ2) is 7.35. The van der Waals surface area contributed by atoms with Crippen molar-refractivity contribution in [2.45, 2.75) is 20.0 Å². The maximum absolute atomic E-state index is 13.4. The highest BCUT2D eigenvalue weighted by Gasteiger charge is 2.52. The van der Waals surface area contributed by atoms with E-state index in [9.17, 15) is 14.7 Å². The number of para-hydroxylation sites is 2. The summed E-state index contributed by atoms with van der Waals surface area (Å²) in [5.41, 5.74) is 3.47. The number of benzene rings is 2. The van der Waals surface area contributed by atoms with Crippen LogP contribution in [0.25, 0.3) is 5.57 Å². The van der Waals surface area contributed by atoms with E-state index >= 15 is 0 Å². The first-order chi connectivity index (χ1) is 15.0. The Bertz CT molecular complexity index is 1160. The molecule has 1 aliphatic carbocycles. The lowest BCUT2D eigenvalue weighted by molar-refractivity contribution is -0.363. The van der Waals surface area contributed by atoms with Crippen molar-refractivity contribution in [3.05, 3.63) is 59.2 Å². The zero-order valence-electron chi connectivity index (χ0n) is 17.5. The summed E-state index contributed by atoms with van der Waals surface area (Å²) in [4.78, 5) is 33.7. The summed E-state index contributed by atoms with van der Waals surface area (Å²) < 4.78 is 6.24. The van der Waals surface area contributed by atoms with Gasteiger partial charge in [-0.25, -0.2) is 4.99 Å². The molecule has 2 aromatic carbocycles. The van der Waals surface area contributed by atoms with Crippen LogP contribution in [0.2, 0.25) is 0 Å². The third-order valence-corrected chi connectivity index (χ3v) is 6.23. The maximum atomic E-state index is 13.4. The molecule has 2 aliphatic heterocycles. The summed E-state index contributed by atoms with van der Waals surface area (Å²) in [6.45, 7) is 6.73. The second-order valence-electron chi connectivity index (χ2n) is 7.84. The Morgan fingerprint density at radius 1 is 1.06 bits per heavy atom. The van der Waals surface area contributed by atoms with Gasteiger partial charge < -0.3 is 14.7 Å². The standard InChI is InChI=1S/C24H23N3O4/c1-3-26(4-2)11-12-27-23(29)19-16-13-14(28)9-10-15(16)21-22(20(19)24(27)30)31-18-8-6-5-7-17(18)25-21/h5-10,13,22,28H,3-4,11-12H2,1-2H3/p+1. The predicted octanol–water partition coefficient (Wildman–Crippen LogP) is 0.832. The molecular weight excluding hydrogens is 394 g/mol. The van der Waals surface area contributed by atoms with Crippen LogP contribution in [0.4, 0.5) is 5.69 Å². The van der Waals surface area contributed by atoms with Crippen LogP contribution < -0.4 is 9.73 Å². The van der Waals surface area contributed by atoms with Crippen molar-refractivity contribution in [2.24, 2.45) is 0 Å². The van der Waals surface area contributed by atoms with Gasteiger partial charge in [0.05, 0.1) is 16.7 Å². The minimum atomic E-state index is -0.697. The molecule has 0 saturated carbocycles. The number of rotatable bonds is 5. The Morgan fingerprint density at radius 3 is 2.61 bits per heavy atom. The number of imide groups is 1. The van der Waals surface area contributed by atoms with Crippen LogP contribution in [0.5, 0.6) is 11.5 Å². The first-order valence-electron chi connectivity index (χ1n) is 10.6. The Kier molecular flexibility index (Phi) is 4.63. The van der Waals surface area contributed by atoms with Crippen molar-refractivity contribution in [2.75, 3.05) is 26.2 Å². The molecule has 0 bridgehead atoms. The average molecular weight is 418 g/mol. The van der Waals surface area contributed by atoms with E-state index in [1.807, 2.05) is 24.3 Å². The fraction of sp³-hybridized carbons (Fsp3) is 0.292. The van der Waals surface area contributed by atoms with Crippen molar-refractivity contribution in [1.82, 2.24) is 9.80 Å². The zero-order valence-corrected chi connectivity index (χ0v) is 17.5. The molecule has 2 N–H and O–H groups in total. The number of phenols is 1. The van der Waals surface area contributed by atoms with Gasteiger partial charge in [0.1, 0.15) is 5.75 Å². The number of phenolic OH excluding ortho intramolecular Hbond substituents is 1. The van der Waals surface area contributed by atoms with E-state index in [2.05, 4.69) is 23.7 Å². The lowest BCUT2D eigenvalue weighted by atomic mass is 9.82. The third-order valence-electron chi connectivity index (χ3n) is 6.23. The van der Waals surface area contributed by atoms with E-state index in [4.69, 9.17) is 4.74 Å². The van der Waals surface area contributed by atoms with Gasteiger partial charge in [0.2, 0.25) is 17.5 Å². The minimum absolute atomic E-state index is 0.0450. The van der Waals surface area contributed by atoms with Crippen LogP contribution in [-0.4, -0.2) is 64.7 Å². The number of aromatic hydroxyl groups is 1. The highest BCUT2D eigenvalue weighted by molar-refractivity contribution is 6.40. The smallest absolute Gasteiger partial charge is 0.262 e. The van der Waals surface area contributed by atoms with E-state index in [0.29, 0.717) is 41.3 Å².